The Morgan fingerprint density at radius 3 is 3.12 bits per heavy atom. The molecule has 0 fully saturated rings. The van der Waals surface area contributed by atoms with Gasteiger partial charge in [0.1, 0.15) is 0 Å². The van der Waals surface area contributed by atoms with Gasteiger partial charge in [-0.25, -0.2) is 0 Å². The Morgan fingerprint density at radius 2 is 2.44 bits per heavy atom. The zero-order valence-corrected chi connectivity index (χ0v) is 10.3. The molecule has 1 atom stereocenters. The summed E-state index contributed by atoms with van der Waals surface area (Å²) < 4.78 is 0. The Hall–Kier alpha value is -0.870. The highest BCUT2D eigenvalue weighted by Gasteiger charge is 2.18. The summed E-state index contributed by atoms with van der Waals surface area (Å²) in [5, 5.41) is 12.1. The van der Waals surface area contributed by atoms with E-state index in [2.05, 4.69) is 5.32 Å². The molecule has 16 heavy (non-hydrogen) atoms. The van der Waals surface area contributed by atoms with Crippen molar-refractivity contribution in [3.05, 3.63) is 21.4 Å². The first kappa shape index (κ1) is 11.6. The highest BCUT2D eigenvalue weighted by atomic mass is 32.1. The summed E-state index contributed by atoms with van der Waals surface area (Å²) in [5.41, 5.74) is 1.34. The SMILES string of the molecule is CCC(O)CNC(=O)c1cc2c(s1)CCC2. The number of aliphatic hydroxyl groups excluding tert-OH is 1. The van der Waals surface area contributed by atoms with Crippen molar-refractivity contribution < 1.29 is 9.90 Å². The van der Waals surface area contributed by atoms with E-state index in [1.165, 1.54) is 16.9 Å². The zero-order chi connectivity index (χ0) is 11.5. The maximum atomic E-state index is 11.8. The number of nitrogens with one attached hydrogen (secondary N) is 1. The van der Waals surface area contributed by atoms with Crippen LogP contribution in [-0.4, -0.2) is 23.7 Å². The Kier molecular flexibility index (Phi) is 3.61. The average molecular weight is 239 g/mol. The van der Waals surface area contributed by atoms with Crippen molar-refractivity contribution in [3.63, 3.8) is 0 Å². The number of carbonyl (C=O) groups excluding carboxylic acids is 1. The molecule has 1 amide bonds. The minimum Gasteiger partial charge on any atom is -0.391 e. The van der Waals surface area contributed by atoms with Crippen LogP contribution in [0.2, 0.25) is 0 Å². The lowest BCUT2D eigenvalue weighted by molar-refractivity contribution is 0.0918. The normalized spacial score (nSPS) is 15.9. The molecule has 1 aromatic rings. The van der Waals surface area contributed by atoms with Crippen molar-refractivity contribution >= 4 is 17.2 Å². The molecule has 1 aliphatic rings. The van der Waals surface area contributed by atoms with Crippen LogP contribution in [0.3, 0.4) is 0 Å². The molecule has 1 aromatic heterocycles. The summed E-state index contributed by atoms with van der Waals surface area (Å²) in [5.74, 6) is -0.0492. The number of hydrogen-bond donors (Lipinski definition) is 2. The Labute approximate surface area is 99.5 Å². The lowest BCUT2D eigenvalue weighted by Gasteiger charge is -2.08. The fraction of sp³-hybridized carbons (Fsp3) is 0.583. The maximum Gasteiger partial charge on any atom is 0.261 e. The van der Waals surface area contributed by atoms with Gasteiger partial charge in [-0.3, -0.25) is 4.79 Å². The third-order valence-electron chi connectivity index (χ3n) is 2.94. The van der Waals surface area contributed by atoms with Crippen molar-refractivity contribution in [1.29, 1.82) is 0 Å². The molecule has 1 unspecified atom stereocenters. The van der Waals surface area contributed by atoms with Crippen LogP contribution in [0.1, 0.15) is 39.9 Å². The van der Waals surface area contributed by atoms with E-state index in [1.807, 2.05) is 13.0 Å². The van der Waals surface area contributed by atoms with Crippen LogP contribution in [0, 0.1) is 0 Å². The molecule has 2 N–H and O–H groups in total. The van der Waals surface area contributed by atoms with Crippen LogP contribution in [0.25, 0.3) is 0 Å². The van der Waals surface area contributed by atoms with Crippen LogP contribution in [0.15, 0.2) is 6.07 Å². The molecular weight excluding hydrogens is 222 g/mol. The van der Waals surface area contributed by atoms with Gasteiger partial charge in [0, 0.05) is 11.4 Å². The first-order chi connectivity index (χ1) is 7.70. The van der Waals surface area contributed by atoms with E-state index in [4.69, 9.17) is 0 Å². The number of aryl methyl sites for hydroxylation is 2. The molecule has 0 aliphatic heterocycles. The quantitative estimate of drug-likeness (QED) is 0.841. The van der Waals surface area contributed by atoms with Crippen LogP contribution in [0.4, 0.5) is 0 Å². The molecule has 88 valence electrons. The third kappa shape index (κ3) is 2.44. The molecule has 0 saturated carbocycles. The number of carbonyl (C=O) groups is 1. The molecule has 3 nitrogen and oxygen atoms in total. The predicted octanol–water partition coefficient (Wildman–Crippen LogP) is 1.74. The van der Waals surface area contributed by atoms with E-state index < -0.39 is 6.10 Å². The van der Waals surface area contributed by atoms with E-state index in [1.54, 1.807) is 11.3 Å². The lowest BCUT2D eigenvalue weighted by atomic mass is 10.2. The van der Waals surface area contributed by atoms with Crippen molar-refractivity contribution in [2.24, 2.45) is 0 Å². The maximum absolute atomic E-state index is 11.8. The largest absolute Gasteiger partial charge is 0.391 e. The highest BCUT2D eigenvalue weighted by Crippen LogP contribution is 2.30. The van der Waals surface area contributed by atoms with Crippen LogP contribution in [-0.2, 0) is 12.8 Å². The molecule has 1 heterocycles. The Morgan fingerprint density at radius 1 is 1.62 bits per heavy atom. The summed E-state index contributed by atoms with van der Waals surface area (Å²) in [6.45, 7) is 2.24. The Balaban J connectivity index is 1.93. The standard InChI is InChI=1S/C12H17NO2S/c1-2-9(14)7-13-12(15)11-6-8-4-3-5-10(8)16-11/h6,9,14H,2-5,7H2,1H3,(H,13,15). The summed E-state index contributed by atoms with van der Waals surface area (Å²) in [4.78, 5) is 13.9. The summed E-state index contributed by atoms with van der Waals surface area (Å²) in [7, 11) is 0. The molecule has 4 heteroatoms. The molecule has 1 aliphatic carbocycles. The van der Waals surface area contributed by atoms with E-state index in [9.17, 15) is 9.90 Å². The fourth-order valence-electron chi connectivity index (χ4n) is 1.88. The van der Waals surface area contributed by atoms with Gasteiger partial charge in [-0.2, -0.15) is 0 Å². The van der Waals surface area contributed by atoms with Gasteiger partial charge in [0.25, 0.3) is 5.91 Å². The van der Waals surface area contributed by atoms with Crippen molar-refractivity contribution in [1.82, 2.24) is 5.32 Å². The molecular formula is C12H17NO2S. The molecule has 0 aromatic carbocycles. The number of amides is 1. The van der Waals surface area contributed by atoms with Gasteiger partial charge in [0.2, 0.25) is 0 Å². The second-order valence-corrected chi connectivity index (χ2v) is 5.32. The lowest BCUT2D eigenvalue weighted by Crippen LogP contribution is -2.31. The topological polar surface area (TPSA) is 49.3 Å². The van der Waals surface area contributed by atoms with E-state index in [0.29, 0.717) is 13.0 Å². The molecule has 0 radical (unpaired) electrons. The number of aliphatic hydroxyl groups is 1. The van der Waals surface area contributed by atoms with Gasteiger partial charge in [-0.15, -0.1) is 11.3 Å². The van der Waals surface area contributed by atoms with Crippen molar-refractivity contribution in [2.75, 3.05) is 6.54 Å². The van der Waals surface area contributed by atoms with Crippen molar-refractivity contribution in [3.8, 4) is 0 Å². The van der Waals surface area contributed by atoms with Crippen LogP contribution < -0.4 is 5.32 Å². The van der Waals surface area contributed by atoms with E-state index >= 15 is 0 Å². The van der Waals surface area contributed by atoms with Crippen LogP contribution >= 0.6 is 11.3 Å². The molecule has 0 spiro atoms. The van der Waals surface area contributed by atoms with Gasteiger partial charge < -0.3 is 10.4 Å². The van der Waals surface area contributed by atoms with Gasteiger partial charge >= 0.3 is 0 Å². The highest BCUT2D eigenvalue weighted by molar-refractivity contribution is 7.14. The molecule has 0 bridgehead atoms. The van der Waals surface area contributed by atoms with E-state index in [-0.39, 0.29) is 5.91 Å². The fourth-order valence-corrected chi connectivity index (χ4v) is 3.05. The van der Waals surface area contributed by atoms with E-state index in [0.717, 1.165) is 17.7 Å². The van der Waals surface area contributed by atoms with Gasteiger partial charge in [-0.05, 0) is 37.3 Å². The predicted molar refractivity (Wildman–Crippen MR) is 65.0 cm³/mol. The average Bonchev–Trinajstić information content (AvgIpc) is 2.85. The van der Waals surface area contributed by atoms with Gasteiger partial charge in [-0.1, -0.05) is 6.92 Å². The number of fused-ring (bicyclic) bond motifs is 1. The van der Waals surface area contributed by atoms with Gasteiger partial charge in [0.15, 0.2) is 0 Å². The molecule has 0 saturated heterocycles. The summed E-state index contributed by atoms with van der Waals surface area (Å²) >= 11 is 1.60. The number of hydrogen-bond acceptors (Lipinski definition) is 3. The number of rotatable bonds is 4. The minimum atomic E-state index is -0.434. The van der Waals surface area contributed by atoms with Crippen LogP contribution in [0.5, 0.6) is 0 Å². The second kappa shape index (κ2) is 4.97. The molecule has 2 rings (SSSR count). The smallest absolute Gasteiger partial charge is 0.261 e. The Bertz CT molecular complexity index is 365. The third-order valence-corrected chi connectivity index (χ3v) is 4.18. The minimum absolute atomic E-state index is 0.0492. The monoisotopic (exact) mass is 239 g/mol. The van der Waals surface area contributed by atoms with Gasteiger partial charge in [0.05, 0.1) is 11.0 Å². The second-order valence-electron chi connectivity index (χ2n) is 4.18. The summed E-state index contributed by atoms with van der Waals surface area (Å²) in [6.07, 6.45) is 3.68. The summed E-state index contributed by atoms with van der Waals surface area (Å²) in [6, 6.07) is 2.00. The first-order valence-electron chi connectivity index (χ1n) is 5.78. The first-order valence-corrected chi connectivity index (χ1v) is 6.60. The number of thiophene rings is 1. The van der Waals surface area contributed by atoms with Crippen molar-refractivity contribution in [2.45, 2.75) is 38.7 Å². The zero-order valence-electron chi connectivity index (χ0n) is 9.45.